The molecule has 0 aliphatic rings. The lowest BCUT2D eigenvalue weighted by molar-refractivity contribution is 0.0997. The quantitative estimate of drug-likeness (QED) is 0.672. The Morgan fingerprint density at radius 2 is 1.93 bits per heavy atom. The van der Waals surface area contributed by atoms with Crippen LogP contribution in [0.1, 0.15) is 10.4 Å². The van der Waals surface area contributed by atoms with Crippen LogP contribution in [0, 0.1) is 11.6 Å². The van der Waals surface area contributed by atoms with Crippen molar-refractivity contribution < 1.29 is 23.0 Å². The van der Waals surface area contributed by atoms with Gasteiger partial charge in [0.05, 0.1) is 17.7 Å². The third-order valence-corrected chi connectivity index (χ3v) is 4.14. The lowest BCUT2D eigenvalue weighted by Crippen LogP contribution is -2.14. The first-order chi connectivity index (χ1) is 13.3. The molecule has 1 aromatic heterocycles. The van der Waals surface area contributed by atoms with E-state index in [-0.39, 0.29) is 33.2 Å². The van der Waals surface area contributed by atoms with Gasteiger partial charge in [-0.25, -0.2) is 8.78 Å². The second kappa shape index (κ2) is 7.69. The van der Waals surface area contributed by atoms with E-state index in [1.165, 1.54) is 31.5 Å². The van der Waals surface area contributed by atoms with Crippen LogP contribution < -0.4 is 20.8 Å². The molecule has 1 amide bonds. The number of amides is 1. The van der Waals surface area contributed by atoms with Crippen molar-refractivity contribution in [1.29, 1.82) is 0 Å². The third kappa shape index (κ3) is 3.67. The molecule has 0 bridgehead atoms. The molecule has 0 saturated carbocycles. The zero-order valence-electron chi connectivity index (χ0n) is 14.4. The maximum absolute atomic E-state index is 15.3. The summed E-state index contributed by atoms with van der Waals surface area (Å²) < 4.78 is 39.4. The van der Waals surface area contributed by atoms with Gasteiger partial charge in [-0.15, -0.1) is 0 Å². The molecule has 0 unspecified atom stereocenters. The Kier molecular flexibility index (Phi) is 5.32. The van der Waals surface area contributed by atoms with Crippen molar-refractivity contribution in [2.45, 2.75) is 0 Å². The SMILES string of the molecule is COc1ccc(Oc2c(C(N)=O)cc(Cl)c(-c3cc[nH]c(=O)c3)c2F)cc1F. The summed E-state index contributed by atoms with van der Waals surface area (Å²) >= 11 is 6.11. The summed E-state index contributed by atoms with van der Waals surface area (Å²) in [5.41, 5.74) is 4.48. The Hall–Kier alpha value is -3.39. The molecule has 0 atom stereocenters. The minimum absolute atomic E-state index is 0.0387. The van der Waals surface area contributed by atoms with Crippen molar-refractivity contribution in [3.8, 4) is 28.4 Å². The Morgan fingerprint density at radius 1 is 1.18 bits per heavy atom. The number of nitrogens with one attached hydrogen (secondary N) is 1. The van der Waals surface area contributed by atoms with Gasteiger partial charge in [0.25, 0.3) is 5.91 Å². The maximum Gasteiger partial charge on any atom is 0.252 e. The number of hydrogen-bond acceptors (Lipinski definition) is 4. The summed E-state index contributed by atoms with van der Waals surface area (Å²) in [6.07, 6.45) is 1.31. The fourth-order valence-corrected chi connectivity index (χ4v) is 2.88. The molecule has 28 heavy (non-hydrogen) atoms. The third-order valence-electron chi connectivity index (χ3n) is 3.85. The van der Waals surface area contributed by atoms with E-state index in [0.29, 0.717) is 0 Å². The number of pyridine rings is 1. The van der Waals surface area contributed by atoms with Crippen molar-refractivity contribution in [2.75, 3.05) is 7.11 Å². The van der Waals surface area contributed by atoms with Gasteiger partial charge in [0.2, 0.25) is 5.56 Å². The lowest BCUT2D eigenvalue weighted by atomic mass is 10.0. The molecule has 3 N–H and O–H groups in total. The summed E-state index contributed by atoms with van der Waals surface area (Å²) in [6, 6.07) is 7.24. The molecule has 0 spiro atoms. The fourth-order valence-electron chi connectivity index (χ4n) is 2.58. The van der Waals surface area contributed by atoms with Gasteiger partial charge in [0, 0.05) is 23.9 Å². The first-order valence-electron chi connectivity index (χ1n) is 7.84. The number of rotatable bonds is 5. The molecule has 3 rings (SSSR count). The number of aromatic nitrogens is 1. The second-order valence-corrected chi connectivity index (χ2v) is 6.04. The van der Waals surface area contributed by atoms with Crippen molar-refractivity contribution in [3.63, 3.8) is 0 Å². The number of methoxy groups -OCH3 is 1. The van der Waals surface area contributed by atoms with Gasteiger partial charge in [-0.1, -0.05) is 11.6 Å². The molecule has 0 saturated heterocycles. The molecule has 0 radical (unpaired) electrons. The van der Waals surface area contributed by atoms with Gasteiger partial charge < -0.3 is 20.2 Å². The van der Waals surface area contributed by atoms with E-state index in [2.05, 4.69) is 4.98 Å². The Balaban J connectivity index is 2.18. The largest absolute Gasteiger partial charge is 0.494 e. The zero-order valence-corrected chi connectivity index (χ0v) is 15.1. The van der Waals surface area contributed by atoms with Crippen molar-refractivity contribution in [3.05, 3.63) is 75.2 Å². The van der Waals surface area contributed by atoms with Crippen LogP contribution in [-0.2, 0) is 0 Å². The highest BCUT2D eigenvalue weighted by atomic mass is 35.5. The number of ether oxygens (including phenoxy) is 2. The van der Waals surface area contributed by atoms with Crippen LogP contribution in [0.5, 0.6) is 17.2 Å². The number of halogens is 3. The van der Waals surface area contributed by atoms with E-state index in [9.17, 15) is 14.0 Å². The lowest BCUT2D eigenvalue weighted by Gasteiger charge is -2.15. The van der Waals surface area contributed by atoms with E-state index in [0.717, 1.165) is 18.2 Å². The van der Waals surface area contributed by atoms with Gasteiger partial charge >= 0.3 is 0 Å². The average Bonchev–Trinajstić information content (AvgIpc) is 2.64. The molecule has 3 aromatic rings. The van der Waals surface area contributed by atoms with Gasteiger partial charge in [-0.2, -0.15) is 0 Å². The second-order valence-electron chi connectivity index (χ2n) is 5.63. The fraction of sp³-hybridized carbons (Fsp3) is 0.0526. The van der Waals surface area contributed by atoms with E-state index in [4.69, 9.17) is 26.8 Å². The molecular weight excluding hydrogens is 394 g/mol. The normalized spacial score (nSPS) is 10.6. The topological polar surface area (TPSA) is 94.4 Å². The van der Waals surface area contributed by atoms with Gasteiger partial charge in [0.1, 0.15) is 5.75 Å². The predicted octanol–water partition coefficient (Wildman–Crippen LogP) is 3.87. The molecular formula is C19H13ClF2N2O4. The smallest absolute Gasteiger partial charge is 0.252 e. The summed E-state index contributed by atoms with van der Waals surface area (Å²) in [6.45, 7) is 0. The first kappa shape index (κ1) is 19.4. The van der Waals surface area contributed by atoms with Gasteiger partial charge in [0.15, 0.2) is 23.1 Å². The number of aromatic amines is 1. The number of carbonyl (C=O) groups excluding carboxylic acids is 1. The molecule has 2 aromatic carbocycles. The maximum atomic E-state index is 15.3. The summed E-state index contributed by atoms with van der Waals surface area (Å²) in [5, 5.41) is -0.148. The molecule has 6 nitrogen and oxygen atoms in total. The van der Waals surface area contributed by atoms with E-state index in [1.807, 2.05) is 0 Å². The van der Waals surface area contributed by atoms with Crippen molar-refractivity contribution in [1.82, 2.24) is 4.98 Å². The minimum atomic E-state index is -1.02. The first-order valence-corrected chi connectivity index (χ1v) is 8.22. The van der Waals surface area contributed by atoms with Crippen LogP contribution >= 0.6 is 11.6 Å². The summed E-state index contributed by atoms with van der Waals surface area (Å²) in [7, 11) is 1.29. The van der Waals surface area contributed by atoms with Crippen LogP contribution in [-0.4, -0.2) is 18.0 Å². The van der Waals surface area contributed by atoms with Crippen LogP contribution in [0.4, 0.5) is 8.78 Å². The van der Waals surface area contributed by atoms with E-state index < -0.39 is 28.9 Å². The highest BCUT2D eigenvalue weighted by molar-refractivity contribution is 6.34. The number of H-pyrrole nitrogens is 1. The molecule has 0 aliphatic carbocycles. The molecule has 0 fully saturated rings. The number of nitrogens with two attached hydrogens (primary N) is 1. The molecule has 1 heterocycles. The number of carbonyl (C=O) groups is 1. The average molecular weight is 407 g/mol. The van der Waals surface area contributed by atoms with Crippen LogP contribution in [0.2, 0.25) is 5.02 Å². The zero-order chi connectivity index (χ0) is 20.4. The number of benzene rings is 2. The van der Waals surface area contributed by atoms with Crippen LogP contribution in [0.3, 0.4) is 0 Å². The Bertz CT molecular complexity index is 1130. The van der Waals surface area contributed by atoms with Crippen LogP contribution in [0.15, 0.2) is 47.4 Å². The molecule has 144 valence electrons. The summed E-state index contributed by atoms with van der Waals surface area (Å²) in [5.74, 6) is -3.45. The van der Waals surface area contributed by atoms with Gasteiger partial charge in [-0.05, 0) is 29.8 Å². The van der Waals surface area contributed by atoms with Crippen LogP contribution in [0.25, 0.3) is 11.1 Å². The Labute approximate surface area is 162 Å². The molecule has 9 heteroatoms. The van der Waals surface area contributed by atoms with Crippen molar-refractivity contribution in [2.24, 2.45) is 5.73 Å². The Morgan fingerprint density at radius 3 is 2.54 bits per heavy atom. The van der Waals surface area contributed by atoms with Crippen molar-refractivity contribution >= 4 is 17.5 Å². The summed E-state index contributed by atoms with van der Waals surface area (Å²) in [4.78, 5) is 25.7. The molecule has 0 aliphatic heterocycles. The van der Waals surface area contributed by atoms with Gasteiger partial charge in [-0.3, -0.25) is 9.59 Å². The standard InChI is InChI=1S/C19H13ClF2N2O4/c1-27-14-3-2-10(7-13(14)21)28-18-11(19(23)26)8-12(20)16(17(18)22)9-4-5-24-15(25)6-9/h2-8H,1H3,(H2,23,26)(H,24,25). The minimum Gasteiger partial charge on any atom is -0.494 e. The monoisotopic (exact) mass is 406 g/mol. The highest BCUT2D eigenvalue weighted by Gasteiger charge is 2.24. The highest BCUT2D eigenvalue weighted by Crippen LogP contribution is 2.40. The number of primary amides is 1. The number of hydrogen-bond donors (Lipinski definition) is 2. The van der Waals surface area contributed by atoms with E-state index in [1.54, 1.807) is 0 Å². The predicted molar refractivity (Wildman–Crippen MR) is 99.0 cm³/mol. The van der Waals surface area contributed by atoms with E-state index >= 15 is 4.39 Å².